The highest BCUT2D eigenvalue weighted by Crippen LogP contribution is 2.42. The Labute approximate surface area is 196 Å². The fourth-order valence-corrected chi connectivity index (χ4v) is 4.66. The molecule has 0 radical (unpaired) electrons. The van der Waals surface area contributed by atoms with Crippen molar-refractivity contribution in [2.45, 2.75) is 12.8 Å². The predicted octanol–water partition coefficient (Wildman–Crippen LogP) is 3.75. The minimum Gasteiger partial charge on any atom is -0.493 e. The van der Waals surface area contributed by atoms with Gasteiger partial charge in [-0.25, -0.2) is 4.98 Å². The zero-order valence-electron chi connectivity index (χ0n) is 18.7. The molecule has 1 fully saturated rings. The van der Waals surface area contributed by atoms with Crippen LogP contribution in [-0.2, 0) is 16.0 Å². The molecule has 2 amide bonds. The molecule has 0 spiro atoms. The van der Waals surface area contributed by atoms with Gasteiger partial charge in [0.05, 0.1) is 32.9 Å². The van der Waals surface area contributed by atoms with Crippen LogP contribution in [0.25, 0.3) is 0 Å². The van der Waals surface area contributed by atoms with E-state index in [1.165, 1.54) is 38.2 Å². The van der Waals surface area contributed by atoms with E-state index >= 15 is 0 Å². The molecule has 33 heavy (non-hydrogen) atoms. The van der Waals surface area contributed by atoms with Crippen LogP contribution in [0.5, 0.6) is 17.2 Å². The molecule has 8 nitrogen and oxygen atoms in total. The maximum atomic E-state index is 12.9. The van der Waals surface area contributed by atoms with Crippen LogP contribution < -0.4 is 24.4 Å². The number of aromatic nitrogens is 1. The van der Waals surface area contributed by atoms with Crippen LogP contribution in [0, 0.1) is 5.92 Å². The van der Waals surface area contributed by atoms with E-state index in [9.17, 15) is 9.59 Å². The molecule has 3 aromatic rings. The lowest BCUT2D eigenvalue weighted by molar-refractivity contribution is -0.122. The normalized spacial score (nSPS) is 15.4. The van der Waals surface area contributed by atoms with E-state index in [1.54, 1.807) is 23.2 Å². The first-order valence-corrected chi connectivity index (χ1v) is 11.2. The van der Waals surface area contributed by atoms with Gasteiger partial charge in [-0.05, 0) is 5.56 Å². The van der Waals surface area contributed by atoms with Crippen molar-refractivity contribution >= 4 is 34.0 Å². The zero-order chi connectivity index (χ0) is 23.4. The Morgan fingerprint density at radius 1 is 1.12 bits per heavy atom. The fourth-order valence-electron chi connectivity index (χ4n) is 3.81. The lowest BCUT2D eigenvalue weighted by Gasteiger charge is -2.20. The van der Waals surface area contributed by atoms with Crippen LogP contribution in [0.4, 0.5) is 10.8 Å². The number of nitrogens with zero attached hydrogens (tertiary/aromatic N) is 2. The summed E-state index contributed by atoms with van der Waals surface area (Å²) in [5.41, 5.74) is 1.77. The van der Waals surface area contributed by atoms with Crippen LogP contribution in [0.3, 0.4) is 0 Å². The molecule has 0 bridgehead atoms. The summed E-state index contributed by atoms with van der Waals surface area (Å²) in [6.07, 6.45) is 2.64. The maximum absolute atomic E-state index is 12.9. The summed E-state index contributed by atoms with van der Waals surface area (Å²) in [4.78, 5) is 32.5. The van der Waals surface area contributed by atoms with Crippen molar-refractivity contribution in [2.75, 3.05) is 38.1 Å². The molecule has 1 N–H and O–H groups in total. The van der Waals surface area contributed by atoms with Crippen molar-refractivity contribution in [3.63, 3.8) is 0 Å². The number of ether oxygens (including phenoxy) is 3. The fraction of sp³-hybridized carbons (Fsp3) is 0.292. The molecule has 172 valence electrons. The summed E-state index contributed by atoms with van der Waals surface area (Å²) >= 11 is 1.44. The number of nitrogens with one attached hydrogen (secondary N) is 1. The summed E-state index contributed by atoms with van der Waals surface area (Å²) in [6.45, 7) is 0.256. The summed E-state index contributed by atoms with van der Waals surface area (Å²) in [5, 5.41) is 3.40. The Hall–Kier alpha value is -3.59. The van der Waals surface area contributed by atoms with Crippen LogP contribution >= 0.6 is 11.3 Å². The van der Waals surface area contributed by atoms with Gasteiger partial charge in [-0.3, -0.25) is 9.59 Å². The Bertz CT molecular complexity index is 1120. The van der Waals surface area contributed by atoms with Gasteiger partial charge in [0, 0.05) is 42.6 Å². The maximum Gasteiger partial charge on any atom is 0.231 e. The topological polar surface area (TPSA) is 90.0 Å². The third-order valence-electron chi connectivity index (χ3n) is 5.46. The molecule has 2 heterocycles. The number of anilines is 2. The van der Waals surface area contributed by atoms with Crippen molar-refractivity contribution in [1.82, 2.24) is 4.98 Å². The molecule has 0 aliphatic carbocycles. The SMILES string of the molecule is COc1cc(N2CC(C(=O)Nc3ncc(Cc4ccccc4)s3)CC2=O)cc(OC)c1OC. The number of benzene rings is 2. The minimum absolute atomic E-state index is 0.116. The van der Waals surface area contributed by atoms with E-state index in [-0.39, 0.29) is 24.8 Å². The number of amides is 2. The number of thiazole rings is 1. The number of rotatable bonds is 8. The molecular weight excluding hydrogens is 442 g/mol. The minimum atomic E-state index is -0.488. The lowest BCUT2D eigenvalue weighted by Crippen LogP contribution is -2.28. The molecule has 2 aromatic carbocycles. The number of methoxy groups -OCH3 is 3. The Kier molecular flexibility index (Phi) is 6.79. The van der Waals surface area contributed by atoms with Crippen LogP contribution in [0.1, 0.15) is 16.9 Å². The highest BCUT2D eigenvalue weighted by molar-refractivity contribution is 7.15. The highest BCUT2D eigenvalue weighted by Gasteiger charge is 2.36. The van der Waals surface area contributed by atoms with Gasteiger partial charge in [-0.15, -0.1) is 11.3 Å². The third-order valence-corrected chi connectivity index (χ3v) is 6.37. The Morgan fingerprint density at radius 3 is 2.45 bits per heavy atom. The molecule has 1 aromatic heterocycles. The molecule has 0 saturated carbocycles. The predicted molar refractivity (Wildman–Crippen MR) is 127 cm³/mol. The Balaban J connectivity index is 1.44. The average Bonchev–Trinajstić information content (AvgIpc) is 3.44. The van der Waals surface area contributed by atoms with Gasteiger partial charge in [0.1, 0.15) is 0 Å². The smallest absolute Gasteiger partial charge is 0.231 e. The summed E-state index contributed by atoms with van der Waals surface area (Å²) in [7, 11) is 4.55. The monoisotopic (exact) mass is 467 g/mol. The van der Waals surface area contributed by atoms with Gasteiger partial charge >= 0.3 is 0 Å². The molecule has 1 aliphatic rings. The van der Waals surface area contributed by atoms with Gasteiger partial charge < -0.3 is 24.4 Å². The molecule has 1 aliphatic heterocycles. The van der Waals surface area contributed by atoms with Gasteiger partial charge in [0.25, 0.3) is 0 Å². The summed E-state index contributed by atoms with van der Waals surface area (Å²) in [5.74, 6) is 0.479. The first-order chi connectivity index (χ1) is 16.0. The van der Waals surface area contributed by atoms with Crippen molar-refractivity contribution in [2.24, 2.45) is 5.92 Å². The van der Waals surface area contributed by atoms with Gasteiger partial charge in [0.2, 0.25) is 17.6 Å². The number of carbonyl (C=O) groups excluding carboxylic acids is 2. The molecular formula is C24H25N3O5S. The van der Waals surface area contributed by atoms with Crippen molar-refractivity contribution in [3.05, 3.63) is 59.1 Å². The van der Waals surface area contributed by atoms with Crippen molar-refractivity contribution in [3.8, 4) is 17.2 Å². The summed E-state index contributed by atoms with van der Waals surface area (Å²) in [6, 6.07) is 13.5. The number of hydrogen-bond donors (Lipinski definition) is 1. The zero-order valence-corrected chi connectivity index (χ0v) is 19.5. The van der Waals surface area contributed by atoms with Crippen LogP contribution in [0.2, 0.25) is 0 Å². The molecule has 4 rings (SSSR count). The molecule has 1 atom stereocenters. The van der Waals surface area contributed by atoms with E-state index in [1.807, 2.05) is 18.2 Å². The van der Waals surface area contributed by atoms with Crippen molar-refractivity contribution < 1.29 is 23.8 Å². The molecule has 1 saturated heterocycles. The lowest BCUT2D eigenvalue weighted by atomic mass is 10.1. The van der Waals surface area contributed by atoms with Crippen LogP contribution in [0.15, 0.2) is 48.7 Å². The summed E-state index contributed by atoms with van der Waals surface area (Å²) < 4.78 is 16.1. The van der Waals surface area contributed by atoms with E-state index in [4.69, 9.17) is 14.2 Å². The standard InChI is InChI=1S/C24H25N3O5S/c1-30-19-11-17(12-20(31-2)22(19)32-3)27-14-16(10-21(27)28)23(29)26-24-25-13-18(33-24)9-15-7-5-4-6-8-15/h4-8,11-13,16H,9-10,14H2,1-3H3,(H,25,26,29). The molecule has 9 heteroatoms. The second-order valence-electron chi connectivity index (χ2n) is 7.57. The largest absolute Gasteiger partial charge is 0.493 e. The Morgan fingerprint density at radius 2 is 1.82 bits per heavy atom. The first kappa shape index (κ1) is 22.6. The van der Waals surface area contributed by atoms with E-state index in [2.05, 4.69) is 22.4 Å². The first-order valence-electron chi connectivity index (χ1n) is 10.4. The average molecular weight is 468 g/mol. The third kappa shape index (κ3) is 4.93. The highest BCUT2D eigenvalue weighted by atomic mass is 32.1. The quantitative estimate of drug-likeness (QED) is 0.543. The van der Waals surface area contributed by atoms with Crippen molar-refractivity contribution in [1.29, 1.82) is 0 Å². The molecule has 1 unspecified atom stereocenters. The second kappa shape index (κ2) is 9.91. The van der Waals surface area contributed by atoms with E-state index in [0.717, 1.165) is 11.3 Å². The van der Waals surface area contributed by atoms with Gasteiger partial charge in [-0.2, -0.15) is 0 Å². The van der Waals surface area contributed by atoms with Gasteiger partial charge in [-0.1, -0.05) is 30.3 Å². The number of hydrogen-bond acceptors (Lipinski definition) is 7. The van der Waals surface area contributed by atoms with E-state index in [0.29, 0.717) is 28.1 Å². The second-order valence-corrected chi connectivity index (χ2v) is 8.69. The van der Waals surface area contributed by atoms with E-state index < -0.39 is 5.92 Å². The van der Waals surface area contributed by atoms with Crippen LogP contribution in [-0.4, -0.2) is 44.7 Å². The van der Waals surface area contributed by atoms with Gasteiger partial charge in [0.15, 0.2) is 16.6 Å². The number of carbonyl (C=O) groups is 2.